The molecule has 31 heavy (non-hydrogen) atoms. The minimum atomic E-state index is -0.531. The summed E-state index contributed by atoms with van der Waals surface area (Å²) < 4.78 is 15.9. The summed E-state index contributed by atoms with van der Waals surface area (Å²) in [6.45, 7) is 1.65. The van der Waals surface area contributed by atoms with Crippen molar-refractivity contribution in [2.45, 2.75) is 13.3 Å². The number of benzene rings is 2. The largest absolute Gasteiger partial charge is 0.493 e. The second-order valence-corrected chi connectivity index (χ2v) is 7.04. The van der Waals surface area contributed by atoms with Crippen molar-refractivity contribution in [3.05, 3.63) is 36.4 Å². The zero-order chi connectivity index (χ0) is 22.5. The summed E-state index contributed by atoms with van der Waals surface area (Å²) in [4.78, 5) is 38.2. The summed E-state index contributed by atoms with van der Waals surface area (Å²) in [7, 11) is 4.48. The molecule has 164 valence electrons. The maximum Gasteiger partial charge on any atom is 0.229 e. The van der Waals surface area contributed by atoms with E-state index in [-0.39, 0.29) is 30.7 Å². The molecule has 9 heteroatoms. The molecule has 0 saturated carbocycles. The molecule has 2 N–H and O–H groups in total. The van der Waals surface area contributed by atoms with Crippen molar-refractivity contribution >= 4 is 34.8 Å². The van der Waals surface area contributed by atoms with Crippen LogP contribution >= 0.6 is 0 Å². The van der Waals surface area contributed by atoms with Gasteiger partial charge in [0.2, 0.25) is 23.5 Å². The number of ether oxygens (including phenoxy) is 3. The quantitative estimate of drug-likeness (QED) is 0.704. The lowest BCUT2D eigenvalue weighted by molar-refractivity contribution is -0.122. The molecule has 0 bridgehead atoms. The van der Waals surface area contributed by atoms with Gasteiger partial charge in [-0.3, -0.25) is 14.4 Å². The number of carbonyl (C=O) groups excluding carboxylic acids is 3. The maximum absolute atomic E-state index is 12.8. The maximum atomic E-state index is 12.8. The normalized spacial score (nSPS) is 15.4. The van der Waals surface area contributed by atoms with E-state index in [0.29, 0.717) is 34.3 Å². The third-order valence-corrected chi connectivity index (χ3v) is 4.91. The highest BCUT2D eigenvalue weighted by Crippen LogP contribution is 2.40. The Kier molecular flexibility index (Phi) is 6.64. The highest BCUT2D eigenvalue weighted by Gasteiger charge is 2.35. The molecule has 2 aromatic carbocycles. The molecule has 1 unspecified atom stereocenters. The van der Waals surface area contributed by atoms with Crippen LogP contribution in [0.3, 0.4) is 0 Å². The van der Waals surface area contributed by atoms with Gasteiger partial charge in [-0.25, -0.2) is 0 Å². The highest BCUT2D eigenvalue weighted by molar-refractivity contribution is 6.04. The SMILES string of the molecule is COc1cc(NC(=O)C2CC(=O)N(c3cccc(NC(C)=O)c3)C2)cc(OC)c1OC. The number of nitrogens with one attached hydrogen (secondary N) is 2. The molecular weight excluding hydrogens is 402 g/mol. The minimum Gasteiger partial charge on any atom is -0.493 e. The van der Waals surface area contributed by atoms with Crippen LogP contribution in [0.15, 0.2) is 36.4 Å². The Morgan fingerprint density at radius 1 is 0.968 bits per heavy atom. The topological polar surface area (TPSA) is 106 Å². The summed E-state index contributed by atoms with van der Waals surface area (Å²) in [6.07, 6.45) is 0.0840. The number of methoxy groups -OCH3 is 3. The summed E-state index contributed by atoms with van der Waals surface area (Å²) in [5.74, 6) is 0.0630. The van der Waals surface area contributed by atoms with E-state index in [1.807, 2.05) is 0 Å². The standard InChI is InChI=1S/C22H25N3O6/c1-13(26)23-15-6-5-7-17(9-15)25-12-14(8-20(25)27)22(28)24-16-10-18(29-2)21(31-4)19(11-16)30-3/h5-7,9-11,14H,8,12H2,1-4H3,(H,23,26)(H,24,28). The van der Waals surface area contributed by atoms with Gasteiger partial charge >= 0.3 is 0 Å². The molecule has 1 heterocycles. The Bertz CT molecular complexity index is 981. The van der Waals surface area contributed by atoms with Gasteiger partial charge in [0.15, 0.2) is 11.5 Å². The van der Waals surface area contributed by atoms with Crippen LogP contribution in [0.4, 0.5) is 17.1 Å². The number of amides is 3. The molecule has 2 aromatic rings. The fourth-order valence-electron chi connectivity index (χ4n) is 3.49. The van der Waals surface area contributed by atoms with Gasteiger partial charge in [-0.15, -0.1) is 0 Å². The first-order valence-electron chi connectivity index (χ1n) is 9.65. The fourth-order valence-corrected chi connectivity index (χ4v) is 3.49. The first-order chi connectivity index (χ1) is 14.9. The zero-order valence-electron chi connectivity index (χ0n) is 17.9. The molecule has 3 amide bonds. The first kappa shape index (κ1) is 21.9. The number of hydrogen-bond donors (Lipinski definition) is 2. The van der Waals surface area contributed by atoms with Gasteiger partial charge in [0.25, 0.3) is 0 Å². The lowest BCUT2D eigenvalue weighted by Gasteiger charge is -2.18. The molecule has 3 rings (SSSR count). The molecule has 9 nitrogen and oxygen atoms in total. The molecule has 1 saturated heterocycles. The lowest BCUT2D eigenvalue weighted by atomic mass is 10.1. The van der Waals surface area contributed by atoms with E-state index in [4.69, 9.17) is 14.2 Å². The number of hydrogen-bond acceptors (Lipinski definition) is 6. The van der Waals surface area contributed by atoms with Gasteiger partial charge < -0.3 is 29.7 Å². The van der Waals surface area contributed by atoms with E-state index >= 15 is 0 Å². The number of rotatable bonds is 7. The van der Waals surface area contributed by atoms with Crippen molar-refractivity contribution in [3.63, 3.8) is 0 Å². The van der Waals surface area contributed by atoms with Crippen LogP contribution in [0, 0.1) is 5.92 Å². The Morgan fingerprint density at radius 2 is 1.65 bits per heavy atom. The molecule has 1 aliphatic rings. The molecule has 1 fully saturated rings. The Hall–Kier alpha value is -3.75. The van der Waals surface area contributed by atoms with Gasteiger partial charge in [0.05, 0.1) is 27.2 Å². The molecule has 1 atom stereocenters. The van der Waals surface area contributed by atoms with Crippen molar-refractivity contribution in [2.24, 2.45) is 5.92 Å². The third-order valence-electron chi connectivity index (χ3n) is 4.91. The van der Waals surface area contributed by atoms with Crippen LogP contribution in [0.5, 0.6) is 17.2 Å². The van der Waals surface area contributed by atoms with Crippen molar-refractivity contribution < 1.29 is 28.6 Å². The van der Waals surface area contributed by atoms with E-state index in [0.717, 1.165) is 0 Å². The van der Waals surface area contributed by atoms with Crippen LogP contribution in [0.25, 0.3) is 0 Å². The van der Waals surface area contributed by atoms with Crippen LogP contribution in [0.2, 0.25) is 0 Å². The third kappa shape index (κ3) is 4.88. The van der Waals surface area contributed by atoms with E-state index in [2.05, 4.69) is 10.6 Å². The van der Waals surface area contributed by atoms with Gasteiger partial charge in [0, 0.05) is 49.1 Å². The molecular formula is C22H25N3O6. The van der Waals surface area contributed by atoms with Gasteiger partial charge in [-0.2, -0.15) is 0 Å². The summed E-state index contributed by atoms with van der Waals surface area (Å²) >= 11 is 0. The molecule has 0 aliphatic carbocycles. The number of anilines is 3. The second-order valence-electron chi connectivity index (χ2n) is 7.04. The van der Waals surface area contributed by atoms with Gasteiger partial charge in [-0.05, 0) is 18.2 Å². The van der Waals surface area contributed by atoms with Gasteiger partial charge in [-0.1, -0.05) is 6.07 Å². The predicted molar refractivity (Wildman–Crippen MR) is 116 cm³/mol. The number of carbonyl (C=O) groups is 3. The Balaban J connectivity index is 1.75. The van der Waals surface area contributed by atoms with E-state index in [1.54, 1.807) is 41.3 Å². The molecule has 0 aromatic heterocycles. The van der Waals surface area contributed by atoms with Crippen molar-refractivity contribution in [3.8, 4) is 17.2 Å². The van der Waals surface area contributed by atoms with Gasteiger partial charge in [0.1, 0.15) is 0 Å². The van der Waals surface area contributed by atoms with Crippen LogP contribution in [-0.2, 0) is 14.4 Å². The van der Waals surface area contributed by atoms with E-state index in [9.17, 15) is 14.4 Å². The molecule has 0 spiro atoms. The fraction of sp³-hybridized carbons (Fsp3) is 0.318. The second kappa shape index (κ2) is 9.38. The average Bonchev–Trinajstić information content (AvgIpc) is 3.14. The monoisotopic (exact) mass is 427 g/mol. The first-order valence-corrected chi connectivity index (χ1v) is 9.65. The average molecular weight is 427 g/mol. The van der Waals surface area contributed by atoms with E-state index in [1.165, 1.54) is 28.3 Å². The minimum absolute atomic E-state index is 0.0840. The van der Waals surface area contributed by atoms with Crippen LogP contribution in [-0.4, -0.2) is 45.6 Å². The van der Waals surface area contributed by atoms with Crippen LogP contribution < -0.4 is 29.7 Å². The summed E-state index contributed by atoms with van der Waals surface area (Å²) in [5.41, 5.74) is 1.68. The Morgan fingerprint density at radius 3 is 2.23 bits per heavy atom. The zero-order valence-corrected chi connectivity index (χ0v) is 17.9. The Labute approximate surface area is 180 Å². The summed E-state index contributed by atoms with van der Waals surface area (Å²) in [6, 6.07) is 10.2. The number of nitrogens with zero attached hydrogens (tertiary/aromatic N) is 1. The lowest BCUT2D eigenvalue weighted by Crippen LogP contribution is -2.28. The molecule has 0 radical (unpaired) electrons. The van der Waals surface area contributed by atoms with Crippen molar-refractivity contribution in [2.75, 3.05) is 43.4 Å². The highest BCUT2D eigenvalue weighted by atomic mass is 16.5. The van der Waals surface area contributed by atoms with Crippen molar-refractivity contribution in [1.29, 1.82) is 0 Å². The summed E-state index contributed by atoms with van der Waals surface area (Å²) in [5, 5.41) is 5.52. The van der Waals surface area contributed by atoms with Crippen LogP contribution in [0.1, 0.15) is 13.3 Å². The van der Waals surface area contributed by atoms with Crippen molar-refractivity contribution in [1.82, 2.24) is 0 Å². The smallest absolute Gasteiger partial charge is 0.229 e. The molecule has 1 aliphatic heterocycles. The predicted octanol–water partition coefficient (Wildman–Crippen LogP) is 2.66. The van der Waals surface area contributed by atoms with E-state index < -0.39 is 5.92 Å².